The number of hydrogen-bond acceptors (Lipinski definition) is 5. The maximum Gasteiger partial charge on any atom is 0.276 e. The summed E-state index contributed by atoms with van der Waals surface area (Å²) in [4.78, 5) is 39.7. The Balaban J connectivity index is 1.55. The molecule has 0 saturated carbocycles. The largest absolute Gasteiger partial charge is 0.492 e. The monoisotopic (exact) mass is 482 g/mol. The summed E-state index contributed by atoms with van der Waals surface area (Å²) < 4.78 is 6.39. The highest BCUT2D eigenvalue weighted by Gasteiger charge is 2.22. The number of nitrogens with zero attached hydrogens (tertiary/aromatic N) is 2. The Morgan fingerprint density at radius 3 is 2.81 bits per heavy atom. The van der Waals surface area contributed by atoms with Crippen LogP contribution in [-0.4, -0.2) is 38.4 Å². The van der Waals surface area contributed by atoms with Crippen LogP contribution in [-0.2, 0) is 0 Å². The molecule has 0 atom stereocenters. The van der Waals surface area contributed by atoms with E-state index in [1.165, 1.54) is 6.33 Å². The molecule has 4 N–H and O–H groups in total. The van der Waals surface area contributed by atoms with Crippen molar-refractivity contribution in [1.29, 1.82) is 0 Å². The quantitative estimate of drug-likeness (QED) is 0.326. The van der Waals surface area contributed by atoms with Gasteiger partial charge in [-0.3, -0.25) is 14.9 Å². The molecule has 2 heterocycles. The van der Waals surface area contributed by atoms with Crippen molar-refractivity contribution in [2.45, 2.75) is 13.8 Å². The molecule has 0 spiro atoms. The number of amides is 2. The minimum absolute atomic E-state index is 0.0237. The summed E-state index contributed by atoms with van der Waals surface area (Å²) in [5.74, 6) is -0.208. The highest BCUT2D eigenvalue weighted by atomic mass is 79.9. The van der Waals surface area contributed by atoms with E-state index in [1.807, 2.05) is 38.1 Å². The average Bonchev–Trinajstić information content (AvgIpc) is 3.38. The summed E-state index contributed by atoms with van der Waals surface area (Å²) in [6.45, 7) is 4.25. The van der Waals surface area contributed by atoms with Gasteiger partial charge in [0.25, 0.3) is 11.8 Å². The lowest BCUT2D eigenvalue weighted by atomic mass is 10.2. The van der Waals surface area contributed by atoms with Crippen LogP contribution in [0.25, 0.3) is 11.0 Å². The summed E-state index contributed by atoms with van der Waals surface area (Å²) in [6.07, 6.45) is 1.30. The van der Waals surface area contributed by atoms with E-state index in [1.54, 1.807) is 12.1 Å². The molecule has 0 saturated heterocycles. The molecule has 0 aliphatic rings. The lowest BCUT2D eigenvalue weighted by Crippen LogP contribution is -2.21. The second-order valence-corrected chi connectivity index (χ2v) is 7.58. The van der Waals surface area contributed by atoms with Gasteiger partial charge in [-0.25, -0.2) is 9.97 Å². The van der Waals surface area contributed by atoms with Gasteiger partial charge in [-0.2, -0.15) is 0 Å². The van der Waals surface area contributed by atoms with Crippen LogP contribution in [0.15, 0.2) is 47.2 Å². The first-order chi connectivity index (χ1) is 15.0. The molecular formula is C21H19BrN6O3. The van der Waals surface area contributed by atoms with E-state index in [9.17, 15) is 9.59 Å². The number of ether oxygens (including phenoxy) is 1. The number of nitrogens with one attached hydrogen (secondary N) is 4. The minimum Gasteiger partial charge on any atom is -0.492 e. The number of hydrogen-bond donors (Lipinski definition) is 4. The Morgan fingerprint density at radius 2 is 2.00 bits per heavy atom. The van der Waals surface area contributed by atoms with Crippen LogP contribution in [0, 0.1) is 6.92 Å². The van der Waals surface area contributed by atoms with Crippen LogP contribution in [0.3, 0.4) is 0 Å². The molecule has 0 bridgehead atoms. The number of benzene rings is 2. The average molecular weight is 483 g/mol. The second-order valence-electron chi connectivity index (χ2n) is 6.66. The van der Waals surface area contributed by atoms with Crippen molar-refractivity contribution >= 4 is 50.4 Å². The zero-order valence-electron chi connectivity index (χ0n) is 16.7. The van der Waals surface area contributed by atoms with Gasteiger partial charge in [-0.1, -0.05) is 28.1 Å². The van der Waals surface area contributed by atoms with Gasteiger partial charge in [0, 0.05) is 10.2 Å². The van der Waals surface area contributed by atoms with Gasteiger partial charge in [0.1, 0.15) is 17.0 Å². The first-order valence-electron chi connectivity index (χ1n) is 9.50. The smallest absolute Gasteiger partial charge is 0.276 e. The Labute approximate surface area is 185 Å². The molecule has 2 amide bonds. The Bertz CT molecular complexity index is 1280. The van der Waals surface area contributed by atoms with Gasteiger partial charge in [0.15, 0.2) is 5.69 Å². The van der Waals surface area contributed by atoms with E-state index in [2.05, 4.69) is 46.5 Å². The zero-order chi connectivity index (χ0) is 22.0. The summed E-state index contributed by atoms with van der Waals surface area (Å²) in [6, 6.07) is 11.0. The molecule has 4 rings (SSSR count). The van der Waals surface area contributed by atoms with Crippen LogP contribution in [0.2, 0.25) is 0 Å². The maximum atomic E-state index is 12.8. The van der Waals surface area contributed by atoms with E-state index >= 15 is 0 Å². The first kappa shape index (κ1) is 20.6. The molecule has 158 valence electrons. The third-order valence-corrected chi connectivity index (χ3v) is 5.03. The fraction of sp³-hybridized carbons (Fsp3) is 0.143. The van der Waals surface area contributed by atoms with Crippen LogP contribution in [0.4, 0.5) is 11.6 Å². The van der Waals surface area contributed by atoms with Crippen molar-refractivity contribution in [3.8, 4) is 5.75 Å². The number of aromatic amines is 2. The van der Waals surface area contributed by atoms with Crippen LogP contribution < -0.4 is 15.4 Å². The number of carbonyl (C=O) groups excluding carboxylic acids is 2. The van der Waals surface area contributed by atoms with Crippen molar-refractivity contribution in [1.82, 2.24) is 19.9 Å². The highest BCUT2D eigenvalue weighted by molar-refractivity contribution is 9.10. The predicted molar refractivity (Wildman–Crippen MR) is 121 cm³/mol. The fourth-order valence-corrected chi connectivity index (χ4v) is 3.42. The van der Waals surface area contributed by atoms with Gasteiger partial charge < -0.3 is 20.0 Å². The van der Waals surface area contributed by atoms with Crippen LogP contribution >= 0.6 is 15.9 Å². The van der Waals surface area contributed by atoms with Crippen LogP contribution in [0.5, 0.6) is 5.75 Å². The Hall–Kier alpha value is -3.66. The third kappa shape index (κ3) is 4.29. The van der Waals surface area contributed by atoms with Crippen molar-refractivity contribution in [2.75, 3.05) is 17.2 Å². The lowest BCUT2D eigenvalue weighted by molar-refractivity contribution is 0.0985. The lowest BCUT2D eigenvalue weighted by Gasteiger charge is -2.08. The number of aromatic nitrogens is 4. The van der Waals surface area contributed by atoms with Gasteiger partial charge in [-0.15, -0.1) is 0 Å². The minimum atomic E-state index is -0.550. The maximum absolute atomic E-state index is 12.8. The van der Waals surface area contributed by atoms with Crippen LogP contribution in [0.1, 0.15) is 33.5 Å². The van der Waals surface area contributed by atoms with Gasteiger partial charge >= 0.3 is 0 Å². The topological polar surface area (TPSA) is 125 Å². The molecule has 2 aromatic carbocycles. The molecule has 10 heteroatoms. The van der Waals surface area contributed by atoms with E-state index < -0.39 is 11.8 Å². The molecule has 9 nitrogen and oxygen atoms in total. The molecule has 4 aromatic rings. The third-order valence-electron chi connectivity index (χ3n) is 4.54. The zero-order valence-corrected chi connectivity index (χ0v) is 18.3. The van der Waals surface area contributed by atoms with Crippen molar-refractivity contribution in [3.63, 3.8) is 0 Å². The standard InChI is InChI=1S/C21H19BrN6O3/c1-3-31-15-6-4-5-13-16(15)27-21(26-13)28-20(30)18-17(23-10-24-18)19(29)25-14-9-12(22)8-7-11(14)2/h4-10H,3H2,1-2H3,(H,23,24)(H,25,29)(H2,26,27,28,30). The molecular weight excluding hydrogens is 464 g/mol. The van der Waals surface area contributed by atoms with Crippen molar-refractivity contribution in [3.05, 3.63) is 64.1 Å². The van der Waals surface area contributed by atoms with E-state index in [0.717, 1.165) is 10.0 Å². The highest BCUT2D eigenvalue weighted by Crippen LogP contribution is 2.25. The second kappa shape index (κ2) is 8.60. The summed E-state index contributed by atoms with van der Waals surface area (Å²) in [5.41, 5.74) is 2.82. The molecule has 2 aromatic heterocycles. The number of aryl methyl sites for hydroxylation is 1. The number of carbonyl (C=O) groups is 2. The summed E-state index contributed by atoms with van der Waals surface area (Å²) in [5, 5.41) is 5.45. The molecule has 31 heavy (non-hydrogen) atoms. The molecule has 0 fully saturated rings. The normalized spacial score (nSPS) is 10.8. The molecule has 0 radical (unpaired) electrons. The van der Waals surface area contributed by atoms with E-state index in [4.69, 9.17) is 4.74 Å². The Kier molecular flexibility index (Phi) is 5.72. The SMILES string of the molecule is CCOc1cccc2[nH]c(NC(=O)c3[nH]cnc3C(=O)Nc3cc(Br)ccc3C)nc12. The fourth-order valence-electron chi connectivity index (χ4n) is 3.06. The number of rotatable bonds is 6. The predicted octanol–water partition coefficient (Wildman–Crippen LogP) is 4.26. The molecule has 0 aliphatic heterocycles. The molecule has 0 aliphatic carbocycles. The number of imidazole rings is 2. The number of halogens is 1. The number of para-hydroxylation sites is 1. The van der Waals surface area contributed by atoms with Gasteiger partial charge in [0.05, 0.1) is 18.5 Å². The summed E-state index contributed by atoms with van der Waals surface area (Å²) >= 11 is 3.38. The van der Waals surface area contributed by atoms with Gasteiger partial charge in [0.2, 0.25) is 5.95 Å². The number of H-pyrrole nitrogens is 2. The van der Waals surface area contributed by atoms with Crippen molar-refractivity contribution in [2.24, 2.45) is 0 Å². The van der Waals surface area contributed by atoms with E-state index in [0.29, 0.717) is 29.1 Å². The van der Waals surface area contributed by atoms with Crippen molar-refractivity contribution < 1.29 is 14.3 Å². The number of anilines is 2. The van der Waals surface area contributed by atoms with Gasteiger partial charge in [-0.05, 0) is 43.7 Å². The molecule has 0 unspecified atom stereocenters. The van der Waals surface area contributed by atoms with E-state index in [-0.39, 0.29) is 17.3 Å². The summed E-state index contributed by atoms with van der Waals surface area (Å²) in [7, 11) is 0. The number of fused-ring (bicyclic) bond motifs is 1. The first-order valence-corrected chi connectivity index (χ1v) is 10.3. The Morgan fingerprint density at radius 1 is 1.16 bits per heavy atom.